The minimum atomic E-state index is -3.09. The van der Waals surface area contributed by atoms with Crippen molar-refractivity contribution in [3.05, 3.63) is 34.3 Å². The van der Waals surface area contributed by atoms with Gasteiger partial charge >= 0.3 is 0 Å². The standard InChI is InChI=1S/C14H21BrN2O3S/c1-17(9-7-11-3-5-12(15)6-4-11)14(18)13(16)8-10-21(2,19)20/h3-6,13H,7-10,16H2,1-2H3. The number of benzene rings is 1. The molecule has 0 saturated heterocycles. The Balaban J connectivity index is 2.45. The van der Waals surface area contributed by atoms with Crippen molar-refractivity contribution in [2.45, 2.75) is 18.9 Å². The molecule has 118 valence electrons. The Morgan fingerprint density at radius 3 is 2.43 bits per heavy atom. The van der Waals surface area contributed by atoms with E-state index < -0.39 is 15.9 Å². The van der Waals surface area contributed by atoms with Gasteiger partial charge in [-0.3, -0.25) is 4.79 Å². The number of nitrogens with zero attached hydrogens (tertiary/aromatic N) is 1. The highest BCUT2D eigenvalue weighted by Crippen LogP contribution is 2.11. The molecule has 1 aromatic rings. The van der Waals surface area contributed by atoms with Gasteiger partial charge in [-0.05, 0) is 30.5 Å². The molecule has 0 bridgehead atoms. The highest BCUT2D eigenvalue weighted by molar-refractivity contribution is 9.10. The van der Waals surface area contributed by atoms with Gasteiger partial charge in [-0.1, -0.05) is 28.1 Å². The number of rotatable bonds is 7. The maximum atomic E-state index is 12.0. The van der Waals surface area contributed by atoms with Gasteiger partial charge in [0, 0.05) is 24.3 Å². The van der Waals surface area contributed by atoms with Gasteiger partial charge in [-0.2, -0.15) is 0 Å². The first-order valence-corrected chi connectivity index (χ1v) is 9.47. The topological polar surface area (TPSA) is 80.5 Å². The van der Waals surface area contributed by atoms with E-state index in [9.17, 15) is 13.2 Å². The van der Waals surface area contributed by atoms with Gasteiger partial charge in [-0.15, -0.1) is 0 Å². The van der Waals surface area contributed by atoms with Gasteiger partial charge in [-0.25, -0.2) is 8.42 Å². The monoisotopic (exact) mass is 376 g/mol. The fourth-order valence-corrected chi connectivity index (χ4v) is 2.75. The highest BCUT2D eigenvalue weighted by atomic mass is 79.9. The van der Waals surface area contributed by atoms with Crippen molar-refractivity contribution in [3.8, 4) is 0 Å². The SMILES string of the molecule is CN(CCc1ccc(Br)cc1)C(=O)C(N)CCS(C)(=O)=O. The van der Waals surface area contributed by atoms with E-state index in [1.807, 2.05) is 24.3 Å². The van der Waals surface area contributed by atoms with Crippen molar-refractivity contribution < 1.29 is 13.2 Å². The molecule has 1 unspecified atom stereocenters. The molecule has 7 heteroatoms. The Labute approximate surface area is 134 Å². The number of carbonyl (C=O) groups excluding carboxylic acids is 1. The predicted molar refractivity (Wildman–Crippen MR) is 87.8 cm³/mol. The largest absolute Gasteiger partial charge is 0.344 e. The van der Waals surface area contributed by atoms with Crippen molar-refractivity contribution in [1.82, 2.24) is 4.90 Å². The number of amides is 1. The van der Waals surface area contributed by atoms with E-state index in [0.717, 1.165) is 22.7 Å². The summed E-state index contributed by atoms with van der Waals surface area (Å²) in [5, 5.41) is 0. The third-order valence-electron chi connectivity index (χ3n) is 3.14. The lowest BCUT2D eigenvalue weighted by molar-refractivity contribution is -0.131. The molecule has 0 heterocycles. The number of hydrogen-bond acceptors (Lipinski definition) is 4. The van der Waals surface area contributed by atoms with Gasteiger partial charge in [0.05, 0.1) is 11.8 Å². The normalized spacial score (nSPS) is 13.0. The average Bonchev–Trinajstić information content (AvgIpc) is 2.42. The fourth-order valence-electron chi connectivity index (χ4n) is 1.81. The Hall–Kier alpha value is -0.920. The summed E-state index contributed by atoms with van der Waals surface area (Å²) in [6.45, 7) is 0.549. The van der Waals surface area contributed by atoms with Gasteiger partial charge in [0.25, 0.3) is 0 Å². The van der Waals surface area contributed by atoms with E-state index in [1.165, 1.54) is 0 Å². The van der Waals surface area contributed by atoms with E-state index in [0.29, 0.717) is 6.54 Å². The summed E-state index contributed by atoms with van der Waals surface area (Å²) in [4.78, 5) is 13.6. The van der Waals surface area contributed by atoms with Gasteiger partial charge < -0.3 is 10.6 Å². The van der Waals surface area contributed by atoms with Crippen molar-refractivity contribution in [2.24, 2.45) is 5.73 Å². The number of nitrogens with two attached hydrogens (primary N) is 1. The quantitative estimate of drug-likeness (QED) is 0.775. The average molecular weight is 377 g/mol. The molecule has 1 aromatic carbocycles. The summed E-state index contributed by atoms with van der Waals surface area (Å²) >= 11 is 3.37. The fraction of sp³-hybridized carbons (Fsp3) is 0.500. The molecule has 1 rings (SSSR count). The number of likely N-dealkylation sites (N-methyl/N-ethyl adjacent to an activating group) is 1. The zero-order valence-corrected chi connectivity index (χ0v) is 14.7. The zero-order valence-electron chi connectivity index (χ0n) is 12.3. The van der Waals surface area contributed by atoms with E-state index in [-0.39, 0.29) is 18.1 Å². The maximum absolute atomic E-state index is 12.0. The first-order chi connectivity index (χ1) is 9.69. The van der Waals surface area contributed by atoms with Crippen molar-refractivity contribution in [1.29, 1.82) is 0 Å². The van der Waals surface area contributed by atoms with Crippen LogP contribution < -0.4 is 5.73 Å². The zero-order chi connectivity index (χ0) is 16.0. The van der Waals surface area contributed by atoms with E-state index in [1.54, 1.807) is 11.9 Å². The number of carbonyl (C=O) groups is 1. The number of hydrogen-bond donors (Lipinski definition) is 1. The summed E-state index contributed by atoms with van der Waals surface area (Å²) < 4.78 is 23.2. The van der Waals surface area contributed by atoms with Crippen LogP contribution in [0.3, 0.4) is 0 Å². The molecule has 0 fully saturated rings. The van der Waals surface area contributed by atoms with Crippen LogP contribution in [0.4, 0.5) is 0 Å². The second-order valence-corrected chi connectivity index (χ2v) is 8.34. The summed E-state index contributed by atoms with van der Waals surface area (Å²) in [6.07, 6.45) is 2.02. The highest BCUT2D eigenvalue weighted by Gasteiger charge is 2.19. The van der Waals surface area contributed by atoms with Crippen LogP contribution in [0.1, 0.15) is 12.0 Å². The molecule has 1 atom stereocenters. The summed E-state index contributed by atoms with van der Waals surface area (Å²) in [5.74, 6) is -0.295. The van der Waals surface area contributed by atoms with E-state index in [2.05, 4.69) is 15.9 Å². The Kier molecular flexibility index (Phi) is 6.83. The minimum absolute atomic E-state index is 0.0690. The van der Waals surface area contributed by atoms with Crippen molar-refractivity contribution in [3.63, 3.8) is 0 Å². The molecule has 21 heavy (non-hydrogen) atoms. The molecule has 1 amide bonds. The van der Waals surface area contributed by atoms with Crippen LogP contribution in [0.5, 0.6) is 0 Å². The number of halogens is 1. The molecule has 0 saturated carbocycles. The minimum Gasteiger partial charge on any atom is -0.344 e. The smallest absolute Gasteiger partial charge is 0.239 e. The number of sulfone groups is 1. The van der Waals surface area contributed by atoms with Gasteiger partial charge in [0.2, 0.25) is 5.91 Å². The second kappa shape index (κ2) is 7.91. The molecule has 0 aromatic heterocycles. The Bertz CT molecular complexity index is 572. The van der Waals surface area contributed by atoms with E-state index in [4.69, 9.17) is 5.73 Å². The van der Waals surface area contributed by atoms with Gasteiger partial charge in [0.1, 0.15) is 9.84 Å². The van der Waals surface area contributed by atoms with Crippen LogP contribution in [0.2, 0.25) is 0 Å². The third kappa shape index (κ3) is 7.06. The molecule has 0 spiro atoms. The first kappa shape index (κ1) is 18.1. The molecule has 0 aliphatic rings. The lowest BCUT2D eigenvalue weighted by atomic mass is 10.1. The van der Waals surface area contributed by atoms with Crippen molar-refractivity contribution in [2.75, 3.05) is 25.6 Å². The van der Waals surface area contributed by atoms with Crippen LogP contribution in [-0.4, -0.2) is 50.9 Å². The van der Waals surface area contributed by atoms with Crippen LogP contribution in [0.15, 0.2) is 28.7 Å². The molecule has 5 nitrogen and oxygen atoms in total. The molecule has 0 aliphatic carbocycles. The van der Waals surface area contributed by atoms with Gasteiger partial charge in [0.15, 0.2) is 0 Å². The second-order valence-electron chi connectivity index (χ2n) is 5.16. The van der Waals surface area contributed by atoms with Crippen LogP contribution >= 0.6 is 15.9 Å². The van der Waals surface area contributed by atoms with E-state index >= 15 is 0 Å². The summed E-state index contributed by atoms with van der Waals surface area (Å²) in [7, 11) is -1.41. The van der Waals surface area contributed by atoms with Crippen LogP contribution in [-0.2, 0) is 21.1 Å². The molecular formula is C14H21BrN2O3S. The summed E-state index contributed by atoms with van der Waals surface area (Å²) in [5.41, 5.74) is 6.88. The lowest BCUT2D eigenvalue weighted by Gasteiger charge is -2.21. The molecule has 0 radical (unpaired) electrons. The van der Waals surface area contributed by atoms with Crippen LogP contribution in [0.25, 0.3) is 0 Å². The molecular weight excluding hydrogens is 356 g/mol. The third-order valence-corrected chi connectivity index (χ3v) is 4.65. The van der Waals surface area contributed by atoms with Crippen LogP contribution in [0, 0.1) is 0 Å². The molecule has 0 aliphatic heterocycles. The maximum Gasteiger partial charge on any atom is 0.239 e. The molecule has 2 N–H and O–H groups in total. The lowest BCUT2D eigenvalue weighted by Crippen LogP contribution is -2.43. The van der Waals surface area contributed by atoms with Crippen molar-refractivity contribution >= 4 is 31.7 Å². The first-order valence-electron chi connectivity index (χ1n) is 6.62. The Morgan fingerprint density at radius 2 is 1.90 bits per heavy atom. The summed E-state index contributed by atoms with van der Waals surface area (Å²) in [6, 6.07) is 7.12. The Morgan fingerprint density at radius 1 is 1.33 bits per heavy atom. The predicted octanol–water partition coefficient (Wildman–Crippen LogP) is 1.21.